The van der Waals surface area contributed by atoms with Crippen LogP contribution in [0.3, 0.4) is 0 Å². The monoisotopic (exact) mass is 278 g/mol. The topological polar surface area (TPSA) is 59.1 Å². The Morgan fingerprint density at radius 1 is 1.37 bits per heavy atom. The quantitative estimate of drug-likeness (QED) is 0.836. The van der Waals surface area contributed by atoms with E-state index in [0.717, 1.165) is 6.07 Å². The lowest BCUT2D eigenvalue weighted by atomic mass is 10.2. The van der Waals surface area contributed by atoms with Crippen LogP contribution in [0.5, 0.6) is 0 Å². The zero-order chi connectivity index (χ0) is 14.5. The van der Waals surface area contributed by atoms with Gasteiger partial charge in [-0.15, -0.1) is 0 Å². The molecule has 19 heavy (non-hydrogen) atoms. The molecule has 1 heterocycles. The SMILES string of the molecule is CNc1nc(NC(C)CCOC)cc(C(F)(F)F)n1. The molecule has 108 valence electrons. The first kappa shape index (κ1) is 15.5. The number of hydrogen-bond donors (Lipinski definition) is 2. The normalized spacial score (nSPS) is 13.2. The fraction of sp³-hybridized carbons (Fsp3) is 0.636. The van der Waals surface area contributed by atoms with E-state index in [0.29, 0.717) is 13.0 Å². The molecule has 0 saturated carbocycles. The molecule has 0 bridgehead atoms. The molecule has 0 radical (unpaired) electrons. The van der Waals surface area contributed by atoms with Crippen molar-refractivity contribution in [3.05, 3.63) is 11.8 Å². The lowest BCUT2D eigenvalue weighted by Crippen LogP contribution is -2.20. The van der Waals surface area contributed by atoms with Crippen LogP contribution in [-0.4, -0.2) is 36.8 Å². The molecule has 0 aromatic carbocycles. The van der Waals surface area contributed by atoms with Gasteiger partial charge in [-0.1, -0.05) is 0 Å². The summed E-state index contributed by atoms with van der Waals surface area (Å²) < 4.78 is 42.9. The van der Waals surface area contributed by atoms with E-state index in [9.17, 15) is 13.2 Å². The maximum Gasteiger partial charge on any atom is 0.433 e. The van der Waals surface area contributed by atoms with Crippen LogP contribution in [0.15, 0.2) is 6.07 Å². The molecule has 1 unspecified atom stereocenters. The zero-order valence-electron chi connectivity index (χ0n) is 11.0. The van der Waals surface area contributed by atoms with Crippen molar-refractivity contribution in [1.29, 1.82) is 0 Å². The van der Waals surface area contributed by atoms with Gasteiger partial charge in [0.15, 0.2) is 5.69 Å². The van der Waals surface area contributed by atoms with Crippen LogP contribution in [0.2, 0.25) is 0 Å². The Bertz CT molecular complexity index is 411. The van der Waals surface area contributed by atoms with Crippen molar-refractivity contribution in [2.75, 3.05) is 31.4 Å². The second-order valence-corrected chi connectivity index (χ2v) is 4.04. The molecule has 0 amide bonds. The summed E-state index contributed by atoms with van der Waals surface area (Å²) in [6.07, 6.45) is -3.84. The van der Waals surface area contributed by atoms with Crippen LogP contribution in [0.25, 0.3) is 0 Å². The number of alkyl halides is 3. The summed E-state index contributed by atoms with van der Waals surface area (Å²) in [6, 6.07) is 0.838. The van der Waals surface area contributed by atoms with E-state index in [1.165, 1.54) is 7.05 Å². The second kappa shape index (κ2) is 6.55. The fourth-order valence-corrected chi connectivity index (χ4v) is 1.40. The third kappa shape index (κ3) is 4.90. The van der Waals surface area contributed by atoms with E-state index in [-0.39, 0.29) is 17.8 Å². The molecule has 0 aliphatic rings. The molecule has 2 N–H and O–H groups in total. The molecular formula is C11H17F3N4O. The smallest absolute Gasteiger partial charge is 0.385 e. The van der Waals surface area contributed by atoms with Gasteiger partial charge in [-0.2, -0.15) is 18.2 Å². The van der Waals surface area contributed by atoms with Crippen LogP contribution >= 0.6 is 0 Å². The van der Waals surface area contributed by atoms with Gasteiger partial charge >= 0.3 is 6.18 Å². The summed E-state index contributed by atoms with van der Waals surface area (Å²) in [7, 11) is 3.03. The molecule has 5 nitrogen and oxygen atoms in total. The largest absolute Gasteiger partial charge is 0.433 e. The first-order valence-corrected chi connectivity index (χ1v) is 5.76. The van der Waals surface area contributed by atoms with Crippen LogP contribution in [0.1, 0.15) is 19.0 Å². The molecule has 0 spiro atoms. The van der Waals surface area contributed by atoms with Gasteiger partial charge in [0, 0.05) is 32.9 Å². The summed E-state index contributed by atoms with van der Waals surface area (Å²) >= 11 is 0. The molecule has 1 aromatic heterocycles. The number of rotatable bonds is 6. The predicted octanol–water partition coefficient (Wildman–Crippen LogP) is 2.37. The number of ether oxygens (including phenoxy) is 1. The highest BCUT2D eigenvalue weighted by Crippen LogP contribution is 2.29. The Balaban J connectivity index is 2.88. The van der Waals surface area contributed by atoms with Gasteiger partial charge in [0.25, 0.3) is 0 Å². The number of halogens is 3. The van der Waals surface area contributed by atoms with Gasteiger partial charge in [-0.25, -0.2) is 4.98 Å². The van der Waals surface area contributed by atoms with Crippen LogP contribution in [0.4, 0.5) is 24.9 Å². The molecule has 0 aliphatic carbocycles. The molecule has 8 heteroatoms. The highest BCUT2D eigenvalue weighted by molar-refractivity contribution is 5.43. The van der Waals surface area contributed by atoms with Gasteiger partial charge in [0.2, 0.25) is 5.95 Å². The zero-order valence-corrected chi connectivity index (χ0v) is 11.0. The van der Waals surface area contributed by atoms with Gasteiger partial charge in [0.1, 0.15) is 5.82 Å². The Labute approximate surface area is 109 Å². The number of hydrogen-bond acceptors (Lipinski definition) is 5. The highest BCUT2D eigenvalue weighted by atomic mass is 19.4. The molecule has 1 aromatic rings. The fourth-order valence-electron chi connectivity index (χ4n) is 1.40. The van der Waals surface area contributed by atoms with E-state index < -0.39 is 11.9 Å². The minimum absolute atomic E-state index is 0.0550. The average Bonchev–Trinajstić information content (AvgIpc) is 2.34. The lowest BCUT2D eigenvalue weighted by Gasteiger charge is -2.16. The molecular weight excluding hydrogens is 261 g/mol. The molecule has 0 saturated heterocycles. The number of nitrogens with one attached hydrogen (secondary N) is 2. The standard InChI is InChI=1S/C11H17F3N4O/c1-7(4-5-19-3)16-9-6-8(11(12,13)14)17-10(15-2)18-9/h6-7H,4-5H2,1-3H3,(H2,15,16,17,18). The number of methoxy groups -OCH3 is 1. The van der Waals surface area contributed by atoms with E-state index in [2.05, 4.69) is 20.6 Å². The minimum Gasteiger partial charge on any atom is -0.385 e. The van der Waals surface area contributed by atoms with Crippen molar-refractivity contribution >= 4 is 11.8 Å². The molecule has 0 aliphatic heterocycles. The average molecular weight is 278 g/mol. The summed E-state index contributed by atoms with van der Waals surface area (Å²) in [5, 5.41) is 5.40. The van der Waals surface area contributed by atoms with Crippen molar-refractivity contribution < 1.29 is 17.9 Å². The van der Waals surface area contributed by atoms with E-state index >= 15 is 0 Å². The number of nitrogens with zero attached hydrogens (tertiary/aromatic N) is 2. The summed E-state index contributed by atoms with van der Waals surface area (Å²) in [5.74, 6) is 0.0616. The highest BCUT2D eigenvalue weighted by Gasteiger charge is 2.33. The van der Waals surface area contributed by atoms with Gasteiger partial charge in [-0.3, -0.25) is 0 Å². The van der Waals surface area contributed by atoms with E-state index in [1.807, 2.05) is 6.92 Å². The Kier molecular flexibility index (Phi) is 5.34. The number of aromatic nitrogens is 2. The van der Waals surface area contributed by atoms with Crippen LogP contribution in [-0.2, 0) is 10.9 Å². The van der Waals surface area contributed by atoms with Gasteiger partial charge in [0.05, 0.1) is 0 Å². The van der Waals surface area contributed by atoms with Crippen molar-refractivity contribution in [2.45, 2.75) is 25.6 Å². The van der Waals surface area contributed by atoms with E-state index in [1.54, 1.807) is 7.11 Å². The predicted molar refractivity (Wildman–Crippen MR) is 66.2 cm³/mol. The van der Waals surface area contributed by atoms with Crippen LogP contribution in [0, 0.1) is 0 Å². The molecule has 1 rings (SSSR count). The third-order valence-corrected chi connectivity index (χ3v) is 2.39. The number of anilines is 2. The molecule has 1 atom stereocenters. The summed E-state index contributed by atoms with van der Waals surface area (Å²) in [4.78, 5) is 7.32. The van der Waals surface area contributed by atoms with Crippen LogP contribution < -0.4 is 10.6 Å². The minimum atomic E-state index is -4.50. The third-order valence-electron chi connectivity index (χ3n) is 2.39. The first-order chi connectivity index (χ1) is 8.86. The van der Waals surface area contributed by atoms with Crippen molar-refractivity contribution in [3.8, 4) is 0 Å². The van der Waals surface area contributed by atoms with E-state index in [4.69, 9.17) is 4.74 Å². The summed E-state index contributed by atoms with van der Waals surface area (Å²) in [5.41, 5.74) is -0.978. The Morgan fingerprint density at radius 3 is 2.58 bits per heavy atom. The molecule has 0 fully saturated rings. The van der Waals surface area contributed by atoms with Gasteiger partial charge < -0.3 is 15.4 Å². The lowest BCUT2D eigenvalue weighted by molar-refractivity contribution is -0.141. The second-order valence-electron chi connectivity index (χ2n) is 4.04. The Morgan fingerprint density at radius 2 is 2.05 bits per heavy atom. The van der Waals surface area contributed by atoms with Gasteiger partial charge in [-0.05, 0) is 13.3 Å². The maximum absolute atomic E-state index is 12.7. The first-order valence-electron chi connectivity index (χ1n) is 5.76. The summed E-state index contributed by atoms with van der Waals surface area (Å²) in [6.45, 7) is 2.36. The van der Waals surface area contributed by atoms with Crippen molar-refractivity contribution in [1.82, 2.24) is 9.97 Å². The Hall–Kier alpha value is -1.57. The van der Waals surface area contributed by atoms with Crippen molar-refractivity contribution in [3.63, 3.8) is 0 Å². The maximum atomic E-state index is 12.7. The van der Waals surface area contributed by atoms with Crippen molar-refractivity contribution in [2.24, 2.45) is 0 Å².